The quantitative estimate of drug-likeness (QED) is 0.568. The largest absolute Gasteiger partial charge is 0.385 e. The molecule has 0 spiro atoms. The molecular weight excluding hydrogens is 232 g/mol. The third-order valence-electron chi connectivity index (χ3n) is 3.12. The fourth-order valence-electron chi connectivity index (χ4n) is 2.08. The molecule has 0 bridgehead atoms. The van der Waals surface area contributed by atoms with Crippen LogP contribution < -0.4 is 5.32 Å². The number of methoxy groups -OCH3 is 1. The molecule has 1 rings (SSSR count). The minimum atomic E-state index is -0.180. The molecule has 5 heteroatoms. The predicted molar refractivity (Wildman–Crippen MR) is 69.2 cm³/mol. The van der Waals surface area contributed by atoms with Gasteiger partial charge in [0.1, 0.15) is 6.42 Å². The molecule has 0 aromatic carbocycles. The van der Waals surface area contributed by atoms with Crippen molar-refractivity contribution in [2.45, 2.75) is 38.5 Å². The molecule has 0 aromatic rings. The van der Waals surface area contributed by atoms with Crippen molar-refractivity contribution in [3.8, 4) is 0 Å². The Morgan fingerprint density at radius 1 is 1.17 bits per heavy atom. The lowest BCUT2D eigenvalue weighted by Crippen LogP contribution is -2.36. The third kappa shape index (κ3) is 6.00. The van der Waals surface area contributed by atoms with Crippen LogP contribution in [0, 0.1) is 0 Å². The molecule has 18 heavy (non-hydrogen) atoms. The summed E-state index contributed by atoms with van der Waals surface area (Å²) in [6.07, 6.45) is 5.25. The number of rotatable bonds is 6. The van der Waals surface area contributed by atoms with E-state index in [0.29, 0.717) is 13.2 Å². The number of hydrogen-bond acceptors (Lipinski definition) is 3. The highest BCUT2D eigenvalue weighted by Gasteiger charge is 2.17. The van der Waals surface area contributed by atoms with Crippen molar-refractivity contribution in [2.24, 2.45) is 0 Å². The molecule has 5 nitrogen and oxygen atoms in total. The van der Waals surface area contributed by atoms with Gasteiger partial charge in [-0.1, -0.05) is 12.8 Å². The molecule has 1 fully saturated rings. The summed E-state index contributed by atoms with van der Waals surface area (Å²) < 4.78 is 4.89. The van der Waals surface area contributed by atoms with Crippen LogP contribution in [0.2, 0.25) is 0 Å². The summed E-state index contributed by atoms with van der Waals surface area (Å²) in [6, 6.07) is 0. The minimum absolute atomic E-state index is 0.0209. The number of ether oxygens (including phenoxy) is 1. The highest BCUT2D eigenvalue weighted by atomic mass is 16.5. The van der Waals surface area contributed by atoms with Gasteiger partial charge in [0, 0.05) is 33.4 Å². The first kappa shape index (κ1) is 15.0. The number of likely N-dealkylation sites (tertiary alicyclic amines) is 1. The molecule has 1 saturated heterocycles. The van der Waals surface area contributed by atoms with Crippen LogP contribution in [0.25, 0.3) is 0 Å². The standard InChI is InChI=1S/C13H24N2O3/c1-18-10-6-7-14-12(16)11-13(17)15-8-4-2-3-5-9-15/h2-11H2,1H3,(H,14,16). The zero-order chi connectivity index (χ0) is 13.2. The number of hydrogen-bond donors (Lipinski definition) is 1. The number of nitrogens with zero attached hydrogens (tertiary/aromatic N) is 1. The molecule has 104 valence electrons. The van der Waals surface area contributed by atoms with E-state index in [2.05, 4.69) is 5.32 Å². The van der Waals surface area contributed by atoms with Crippen molar-refractivity contribution in [3.05, 3.63) is 0 Å². The van der Waals surface area contributed by atoms with E-state index in [9.17, 15) is 9.59 Å². The van der Waals surface area contributed by atoms with E-state index < -0.39 is 0 Å². The predicted octanol–water partition coefficient (Wildman–Crippen LogP) is 0.932. The van der Waals surface area contributed by atoms with Gasteiger partial charge in [0.05, 0.1) is 0 Å². The maximum Gasteiger partial charge on any atom is 0.232 e. The minimum Gasteiger partial charge on any atom is -0.385 e. The number of carbonyl (C=O) groups is 2. The van der Waals surface area contributed by atoms with E-state index in [1.807, 2.05) is 4.90 Å². The van der Waals surface area contributed by atoms with Crippen molar-refractivity contribution < 1.29 is 14.3 Å². The van der Waals surface area contributed by atoms with E-state index in [4.69, 9.17) is 4.74 Å². The lowest BCUT2D eigenvalue weighted by atomic mass is 10.2. The topological polar surface area (TPSA) is 58.6 Å². The van der Waals surface area contributed by atoms with Gasteiger partial charge in [0.2, 0.25) is 11.8 Å². The summed E-state index contributed by atoms with van der Waals surface area (Å²) in [5.41, 5.74) is 0. The van der Waals surface area contributed by atoms with Crippen molar-refractivity contribution in [3.63, 3.8) is 0 Å². The Hall–Kier alpha value is -1.10. The van der Waals surface area contributed by atoms with Gasteiger partial charge in [0.25, 0.3) is 0 Å². The maximum atomic E-state index is 11.9. The van der Waals surface area contributed by atoms with E-state index in [1.165, 1.54) is 12.8 Å². The molecule has 0 radical (unpaired) electrons. The number of carbonyl (C=O) groups excluding carboxylic acids is 2. The summed E-state index contributed by atoms with van der Waals surface area (Å²) in [7, 11) is 1.63. The first-order valence-corrected chi connectivity index (χ1v) is 6.77. The SMILES string of the molecule is COCCCNC(=O)CC(=O)N1CCCCCC1. The molecule has 2 amide bonds. The van der Waals surface area contributed by atoms with Gasteiger partial charge in [0.15, 0.2) is 0 Å². The fraction of sp³-hybridized carbons (Fsp3) is 0.846. The van der Waals surface area contributed by atoms with Crippen LogP contribution in [0.1, 0.15) is 38.5 Å². The molecule has 0 aliphatic carbocycles. The Kier molecular flexibility index (Phi) is 7.41. The summed E-state index contributed by atoms with van der Waals surface area (Å²) in [4.78, 5) is 25.3. The Labute approximate surface area is 109 Å². The molecular formula is C13H24N2O3. The van der Waals surface area contributed by atoms with Crippen LogP contribution in [-0.4, -0.2) is 50.1 Å². The van der Waals surface area contributed by atoms with Crippen LogP contribution in [0.4, 0.5) is 0 Å². The molecule has 0 saturated carbocycles. The molecule has 1 heterocycles. The van der Waals surface area contributed by atoms with Gasteiger partial charge < -0.3 is 15.0 Å². The molecule has 1 aliphatic rings. The Morgan fingerprint density at radius 2 is 1.83 bits per heavy atom. The van der Waals surface area contributed by atoms with Crippen LogP contribution >= 0.6 is 0 Å². The summed E-state index contributed by atoms with van der Waals surface area (Å²) in [5, 5.41) is 2.74. The molecule has 0 atom stereocenters. The normalized spacial score (nSPS) is 16.2. The third-order valence-corrected chi connectivity index (χ3v) is 3.12. The van der Waals surface area contributed by atoms with Crippen LogP contribution in [-0.2, 0) is 14.3 Å². The number of nitrogens with one attached hydrogen (secondary N) is 1. The molecule has 1 aliphatic heterocycles. The van der Waals surface area contributed by atoms with E-state index in [1.54, 1.807) is 7.11 Å². The van der Waals surface area contributed by atoms with Gasteiger partial charge in [-0.2, -0.15) is 0 Å². The lowest BCUT2D eigenvalue weighted by molar-refractivity contribution is -0.136. The average Bonchev–Trinajstić information content (AvgIpc) is 2.63. The zero-order valence-corrected chi connectivity index (χ0v) is 11.2. The first-order chi connectivity index (χ1) is 8.74. The van der Waals surface area contributed by atoms with Crippen molar-refractivity contribution >= 4 is 11.8 Å². The summed E-state index contributed by atoms with van der Waals surface area (Å²) in [6.45, 7) is 2.80. The Bertz CT molecular complexity index is 261. The fourth-order valence-corrected chi connectivity index (χ4v) is 2.08. The Morgan fingerprint density at radius 3 is 2.44 bits per heavy atom. The van der Waals surface area contributed by atoms with Crippen molar-refractivity contribution in [1.29, 1.82) is 0 Å². The van der Waals surface area contributed by atoms with Crippen LogP contribution in [0.5, 0.6) is 0 Å². The van der Waals surface area contributed by atoms with E-state index in [-0.39, 0.29) is 18.2 Å². The maximum absolute atomic E-state index is 11.9. The van der Waals surface area contributed by atoms with Gasteiger partial charge in [-0.3, -0.25) is 9.59 Å². The highest BCUT2D eigenvalue weighted by Crippen LogP contribution is 2.10. The second-order valence-corrected chi connectivity index (χ2v) is 4.67. The van der Waals surface area contributed by atoms with Crippen LogP contribution in [0.15, 0.2) is 0 Å². The summed E-state index contributed by atoms with van der Waals surface area (Å²) in [5.74, 6) is -0.221. The van der Waals surface area contributed by atoms with Crippen LogP contribution in [0.3, 0.4) is 0 Å². The highest BCUT2D eigenvalue weighted by molar-refractivity contribution is 5.96. The average molecular weight is 256 g/mol. The smallest absolute Gasteiger partial charge is 0.232 e. The van der Waals surface area contributed by atoms with Gasteiger partial charge in [-0.05, 0) is 19.3 Å². The summed E-state index contributed by atoms with van der Waals surface area (Å²) >= 11 is 0. The molecule has 0 aromatic heterocycles. The second-order valence-electron chi connectivity index (χ2n) is 4.67. The van der Waals surface area contributed by atoms with Crippen molar-refractivity contribution in [2.75, 3.05) is 33.4 Å². The van der Waals surface area contributed by atoms with Gasteiger partial charge in [-0.25, -0.2) is 0 Å². The van der Waals surface area contributed by atoms with Gasteiger partial charge >= 0.3 is 0 Å². The van der Waals surface area contributed by atoms with E-state index >= 15 is 0 Å². The molecule has 0 unspecified atom stereocenters. The van der Waals surface area contributed by atoms with Gasteiger partial charge in [-0.15, -0.1) is 0 Å². The monoisotopic (exact) mass is 256 g/mol. The zero-order valence-electron chi connectivity index (χ0n) is 11.2. The first-order valence-electron chi connectivity index (χ1n) is 6.77. The molecule has 1 N–H and O–H groups in total. The second kappa shape index (κ2) is 8.91. The Balaban J connectivity index is 2.19. The lowest BCUT2D eigenvalue weighted by Gasteiger charge is -2.19. The number of amides is 2. The van der Waals surface area contributed by atoms with E-state index in [0.717, 1.165) is 32.4 Å². The van der Waals surface area contributed by atoms with Crippen molar-refractivity contribution in [1.82, 2.24) is 10.2 Å².